The molecule has 1 radical (unpaired) electrons. The molecule has 0 aliphatic heterocycles. The Morgan fingerprint density at radius 1 is 1.18 bits per heavy atom. The van der Waals surface area contributed by atoms with Gasteiger partial charge in [-0.2, -0.15) is 0 Å². The lowest BCUT2D eigenvalue weighted by molar-refractivity contribution is 0.298. The number of methoxy groups -OCH3 is 2. The maximum Gasteiger partial charge on any atom is 0.224 e. The van der Waals surface area contributed by atoms with Gasteiger partial charge in [0.05, 0.1) is 14.2 Å². The molecule has 0 heterocycles. The molecule has 0 atom stereocenters. The van der Waals surface area contributed by atoms with E-state index in [1.165, 1.54) is 20.3 Å². The molecule has 0 spiro atoms. The van der Waals surface area contributed by atoms with Crippen molar-refractivity contribution < 1.29 is 14.6 Å². The second-order valence-electron chi connectivity index (χ2n) is 1.99. The van der Waals surface area contributed by atoms with Gasteiger partial charge in [-0.25, -0.2) is 0 Å². The standard InChI is InChI=1S/C8H9O3/c1-10-7-5-3-4-6(9)8(7)11-2/h3-5H,1-2H3. The van der Waals surface area contributed by atoms with Crippen molar-refractivity contribution in [3.63, 3.8) is 0 Å². The predicted octanol–water partition coefficient (Wildman–Crippen LogP) is 1.85. The van der Waals surface area contributed by atoms with Crippen LogP contribution in [0.3, 0.4) is 0 Å². The Morgan fingerprint density at radius 2 is 1.91 bits per heavy atom. The fourth-order valence-corrected chi connectivity index (χ4v) is 0.858. The van der Waals surface area contributed by atoms with Crippen LogP contribution in [-0.4, -0.2) is 14.2 Å². The van der Waals surface area contributed by atoms with Gasteiger partial charge < -0.3 is 9.47 Å². The summed E-state index contributed by atoms with van der Waals surface area (Å²) in [6, 6.07) is 4.74. The molecule has 0 aromatic heterocycles. The van der Waals surface area contributed by atoms with E-state index in [2.05, 4.69) is 0 Å². The van der Waals surface area contributed by atoms with E-state index in [9.17, 15) is 5.11 Å². The van der Waals surface area contributed by atoms with Gasteiger partial charge in [-0.1, -0.05) is 6.07 Å². The lowest BCUT2D eigenvalue weighted by Crippen LogP contribution is -1.89. The van der Waals surface area contributed by atoms with Crippen LogP contribution in [0, 0.1) is 0 Å². The maximum absolute atomic E-state index is 11.0. The SMILES string of the molecule is COc1cccc([O])c1OC. The summed E-state index contributed by atoms with van der Waals surface area (Å²) in [6.45, 7) is 0. The highest BCUT2D eigenvalue weighted by Crippen LogP contribution is 2.35. The molecule has 0 saturated heterocycles. The Balaban J connectivity index is 3.13. The van der Waals surface area contributed by atoms with Gasteiger partial charge in [0.15, 0.2) is 5.75 Å². The first-order valence-electron chi connectivity index (χ1n) is 3.17. The van der Waals surface area contributed by atoms with Crippen LogP contribution in [0.4, 0.5) is 0 Å². The molecule has 11 heavy (non-hydrogen) atoms. The summed E-state index contributed by atoms with van der Waals surface area (Å²) in [5, 5.41) is 11.0. The molecule has 59 valence electrons. The van der Waals surface area contributed by atoms with Gasteiger partial charge in [-0.3, -0.25) is 5.11 Å². The summed E-state index contributed by atoms with van der Waals surface area (Å²) in [5.41, 5.74) is 0. The van der Waals surface area contributed by atoms with Crippen molar-refractivity contribution in [2.45, 2.75) is 0 Å². The van der Waals surface area contributed by atoms with Crippen LogP contribution in [0.1, 0.15) is 0 Å². The Morgan fingerprint density at radius 3 is 2.36 bits per heavy atom. The van der Waals surface area contributed by atoms with Crippen molar-refractivity contribution in [1.82, 2.24) is 0 Å². The van der Waals surface area contributed by atoms with E-state index < -0.39 is 0 Å². The third-order valence-corrected chi connectivity index (χ3v) is 1.37. The molecule has 0 saturated carbocycles. The number of rotatable bonds is 2. The van der Waals surface area contributed by atoms with Gasteiger partial charge in [-0.15, -0.1) is 0 Å². The first kappa shape index (κ1) is 7.72. The third kappa shape index (κ3) is 1.37. The van der Waals surface area contributed by atoms with Crippen LogP contribution in [-0.2, 0) is 5.11 Å². The molecule has 0 unspecified atom stereocenters. The van der Waals surface area contributed by atoms with Gasteiger partial charge in [0.1, 0.15) is 0 Å². The van der Waals surface area contributed by atoms with Crippen LogP contribution in [0.5, 0.6) is 17.2 Å². The van der Waals surface area contributed by atoms with Gasteiger partial charge in [0, 0.05) is 0 Å². The normalized spacial score (nSPS) is 9.27. The molecule has 0 fully saturated rings. The Labute approximate surface area is 65.2 Å². The van der Waals surface area contributed by atoms with Crippen LogP contribution in [0.15, 0.2) is 18.2 Å². The quantitative estimate of drug-likeness (QED) is 0.650. The van der Waals surface area contributed by atoms with E-state index in [0.29, 0.717) is 5.75 Å². The summed E-state index contributed by atoms with van der Waals surface area (Å²) in [5.74, 6) is 0.571. The second-order valence-corrected chi connectivity index (χ2v) is 1.99. The van der Waals surface area contributed by atoms with Crippen molar-refractivity contribution in [2.24, 2.45) is 0 Å². The highest BCUT2D eigenvalue weighted by atomic mass is 16.5. The summed E-state index contributed by atoms with van der Waals surface area (Å²) in [7, 11) is 2.94. The van der Waals surface area contributed by atoms with Gasteiger partial charge in [0.25, 0.3) is 0 Å². The number of para-hydroxylation sites is 1. The number of ether oxygens (including phenoxy) is 2. The molecule has 0 aliphatic rings. The number of hydrogen-bond acceptors (Lipinski definition) is 2. The molecule has 0 aliphatic carbocycles. The zero-order valence-electron chi connectivity index (χ0n) is 6.46. The predicted molar refractivity (Wildman–Crippen MR) is 39.7 cm³/mol. The number of benzene rings is 1. The number of hydrogen-bond donors (Lipinski definition) is 0. The summed E-state index contributed by atoms with van der Waals surface area (Å²) < 4.78 is 9.72. The van der Waals surface area contributed by atoms with Crippen LogP contribution >= 0.6 is 0 Å². The topological polar surface area (TPSA) is 38.4 Å². The average molecular weight is 153 g/mol. The van der Waals surface area contributed by atoms with E-state index in [1.807, 2.05) is 0 Å². The highest BCUT2D eigenvalue weighted by Gasteiger charge is 2.08. The zero-order chi connectivity index (χ0) is 8.27. The molecule has 1 rings (SSSR count). The Hall–Kier alpha value is -1.38. The summed E-state index contributed by atoms with van der Waals surface area (Å²) in [6.07, 6.45) is 0. The average Bonchev–Trinajstić information content (AvgIpc) is 2.04. The van der Waals surface area contributed by atoms with Crippen molar-refractivity contribution >= 4 is 0 Å². The first-order chi connectivity index (χ1) is 5.29. The lowest BCUT2D eigenvalue weighted by Gasteiger charge is -2.05. The van der Waals surface area contributed by atoms with Gasteiger partial charge in [-0.05, 0) is 12.1 Å². The minimum absolute atomic E-state index is 0.160. The van der Waals surface area contributed by atoms with Crippen LogP contribution in [0.25, 0.3) is 0 Å². The van der Waals surface area contributed by atoms with E-state index in [0.717, 1.165) is 0 Å². The minimum atomic E-state index is -0.160. The largest absolute Gasteiger partial charge is 0.493 e. The van der Waals surface area contributed by atoms with Gasteiger partial charge in [0.2, 0.25) is 11.5 Å². The third-order valence-electron chi connectivity index (χ3n) is 1.37. The van der Waals surface area contributed by atoms with E-state index in [1.54, 1.807) is 12.1 Å². The maximum atomic E-state index is 11.0. The smallest absolute Gasteiger partial charge is 0.224 e. The first-order valence-corrected chi connectivity index (χ1v) is 3.17. The molecule has 3 heteroatoms. The fourth-order valence-electron chi connectivity index (χ4n) is 0.858. The second kappa shape index (κ2) is 3.14. The summed E-state index contributed by atoms with van der Waals surface area (Å²) >= 11 is 0. The zero-order valence-corrected chi connectivity index (χ0v) is 6.46. The van der Waals surface area contributed by atoms with Crippen LogP contribution in [0.2, 0.25) is 0 Å². The van der Waals surface area contributed by atoms with Crippen LogP contribution < -0.4 is 9.47 Å². The minimum Gasteiger partial charge on any atom is -0.493 e. The highest BCUT2D eigenvalue weighted by molar-refractivity contribution is 5.49. The van der Waals surface area contributed by atoms with Crippen molar-refractivity contribution in [3.05, 3.63) is 18.2 Å². The van der Waals surface area contributed by atoms with E-state index in [4.69, 9.17) is 9.47 Å². The van der Waals surface area contributed by atoms with Crippen molar-refractivity contribution in [3.8, 4) is 17.2 Å². The molecule has 1 aromatic carbocycles. The molecular formula is C8H9O3. The molecule has 0 amide bonds. The lowest BCUT2D eigenvalue weighted by atomic mass is 10.3. The van der Waals surface area contributed by atoms with Crippen molar-refractivity contribution in [2.75, 3.05) is 14.2 Å². The van der Waals surface area contributed by atoms with E-state index >= 15 is 0 Å². The van der Waals surface area contributed by atoms with Crippen molar-refractivity contribution in [1.29, 1.82) is 0 Å². The molecular weight excluding hydrogens is 144 g/mol. The fraction of sp³-hybridized carbons (Fsp3) is 0.250. The van der Waals surface area contributed by atoms with E-state index in [-0.39, 0.29) is 11.5 Å². The molecule has 3 nitrogen and oxygen atoms in total. The summed E-state index contributed by atoms with van der Waals surface area (Å²) in [4.78, 5) is 0. The monoisotopic (exact) mass is 153 g/mol. The molecule has 1 aromatic rings. The Bertz CT molecular complexity index is 245. The molecule has 0 bridgehead atoms. The van der Waals surface area contributed by atoms with Gasteiger partial charge >= 0.3 is 0 Å². The Kier molecular flexibility index (Phi) is 2.21. The molecule has 0 N–H and O–H groups in total.